The molecule has 0 aliphatic heterocycles. The highest BCUT2D eigenvalue weighted by atomic mass is 28.4. The number of carbonyl (C=O) groups excluding carboxylic acids is 5. The summed E-state index contributed by atoms with van der Waals surface area (Å²) in [6, 6.07) is 50.3. The molecule has 0 bridgehead atoms. The number of aromatic hydroxyl groups is 2. The van der Waals surface area contributed by atoms with E-state index in [0.29, 0.717) is 75.8 Å². The molecule has 2 atom stereocenters. The van der Waals surface area contributed by atoms with Gasteiger partial charge in [-0.3, -0.25) is 29.8 Å². The quantitative estimate of drug-likeness (QED) is 0.00901. The molecule has 540 valence electrons. The molecule has 104 heavy (non-hydrogen) atoms. The number of rotatable bonds is 20. The van der Waals surface area contributed by atoms with Crippen molar-refractivity contribution in [3.05, 3.63) is 269 Å². The minimum absolute atomic E-state index is 0.0452. The molecule has 8 aromatic rings. The summed E-state index contributed by atoms with van der Waals surface area (Å²) in [7, 11) is -0.795. The lowest BCUT2D eigenvalue weighted by Gasteiger charge is -2.42. The zero-order valence-corrected chi connectivity index (χ0v) is 61.8. The highest BCUT2D eigenvalue weighted by Gasteiger charge is 2.47. The maximum Gasteiger partial charge on any atom is 0.337 e. The van der Waals surface area contributed by atoms with Crippen molar-refractivity contribution in [3.8, 4) is 52.8 Å². The summed E-state index contributed by atoms with van der Waals surface area (Å²) in [6.45, 7) is 24.0. The molecular weight excluding hydrogens is 1340 g/mol. The molecule has 0 saturated carbocycles. The first-order valence-electron chi connectivity index (χ1n) is 33.8. The molecule has 0 aliphatic rings. The number of nitro groups is 2. The monoisotopic (exact) mass is 1420 g/mol. The smallest absolute Gasteiger partial charge is 0.337 e. The van der Waals surface area contributed by atoms with Gasteiger partial charge in [0.1, 0.15) is 51.7 Å². The minimum atomic E-state index is -2.05. The number of carbonyl (C=O) groups is 5. The molecule has 8 rings (SSSR count). The number of nitro benzene ring substituents is 2. The lowest BCUT2D eigenvalue weighted by atomic mass is 10.0. The molecule has 0 aromatic heterocycles. The number of nitrogens with one attached hydrogen (secondary N) is 2. The van der Waals surface area contributed by atoms with E-state index >= 15 is 0 Å². The van der Waals surface area contributed by atoms with Crippen LogP contribution in [-0.2, 0) is 36.6 Å². The highest BCUT2D eigenvalue weighted by molar-refractivity contribution is 6.78. The maximum atomic E-state index is 13.1. The van der Waals surface area contributed by atoms with Gasteiger partial charge in [0.05, 0.1) is 22.5 Å². The van der Waals surface area contributed by atoms with E-state index in [0.717, 1.165) is 16.9 Å². The molecule has 0 heterocycles. The van der Waals surface area contributed by atoms with Gasteiger partial charge in [0, 0.05) is 51.2 Å². The van der Waals surface area contributed by atoms with Gasteiger partial charge in [0.15, 0.2) is 0 Å². The Bertz CT molecular complexity index is 4490. The fourth-order valence-electron chi connectivity index (χ4n) is 11.1. The summed E-state index contributed by atoms with van der Waals surface area (Å²) < 4.78 is 22.4. The van der Waals surface area contributed by atoms with Gasteiger partial charge in [0.25, 0.3) is 31.5 Å². The number of benzene rings is 8. The van der Waals surface area contributed by atoms with Gasteiger partial charge in [-0.1, -0.05) is 138 Å². The fourth-order valence-corrected chi connectivity index (χ4v) is 16.3. The molecule has 21 heteroatoms. The Morgan fingerprint density at radius 1 is 0.481 bits per heavy atom. The molecule has 0 unspecified atom stereocenters. The molecule has 0 aliphatic carbocycles. The van der Waals surface area contributed by atoms with Gasteiger partial charge in [-0.2, -0.15) is 0 Å². The average Bonchev–Trinajstić information content (AvgIpc) is 0.788. The number of anilines is 1. The number of methoxy groups -OCH3 is 1. The topological polar surface area (TPSA) is 299 Å². The van der Waals surface area contributed by atoms with Crippen LogP contribution < -0.4 is 20.8 Å². The third-order valence-electron chi connectivity index (χ3n) is 16.1. The van der Waals surface area contributed by atoms with Crippen molar-refractivity contribution in [2.45, 2.75) is 149 Å². The number of aryl methyl sites for hydroxylation is 2. The van der Waals surface area contributed by atoms with Crippen molar-refractivity contribution >= 4 is 55.1 Å². The standard InChI is InChI=1S/C29H28N2O6.C29H30N2O4.C25H31NO5Si/c1-29(2,3)37-28(34)25(17-12-20-7-5-4-6-8-20)30-27(33)23-14-18-26(31(35)36)22(19-23)13-9-21-10-15-24(32)16-11-21;1-29(2,3)35-28(34)26(18-12-20-7-5-4-6-8-20)31-27(33)23-14-17-25(30)22(19-23)13-9-21-10-15-24(32)16-11-21;1-17(2)32(18(3)4,19(5)6)31-23-13-9-20(10-14-23)8-11-21-16-22(25(27)30-7)12-15-24(21)26(28)29/h4-8,10-11,14-16,18-19,25,32H,12,17H2,1-3H3,(H,30,33);4-8,10-11,14-17,19,26,32H,12,18,30H2,1-3H3,(H,31,33);9-10,12-19H,1-7H3/t25-;26-;/m00./s1. The third-order valence-corrected chi connectivity index (χ3v) is 22.1. The second-order valence-electron chi connectivity index (χ2n) is 27.2. The SMILES string of the molecule is CC(C)(C)OC(=O)[C@H](CCc1ccccc1)NC(=O)c1ccc(N)c(C#Cc2ccc(O)cc2)c1.CC(C)(C)OC(=O)[C@H](CCc1ccccc1)NC(=O)c1ccc([N+](=O)[O-])c(C#Cc2ccc(O)cc2)c1.COC(=O)c1ccc([N+](=O)[O-])c(C#Cc2ccc(O[Si](C(C)C)(C(C)C)C(C)C)cc2)c1. The molecule has 0 spiro atoms. The van der Waals surface area contributed by atoms with Crippen molar-refractivity contribution in [2.75, 3.05) is 12.8 Å². The second kappa shape index (κ2) is 37.6. The Labute approximate surface area is 609 Å². The van der Waals surface area contributed by atoms with E-state index < -0.39 is 71.2 Å². The molecule has 20 nitrogen and oxygen atoms in total. The van der Waals surface area contributed by atoms with Crippen LogP contribution in [0.2, 0.25) is 16.6 Å². The number of amides is 2. The van der Waals surface area contributed by atoms with Crippen molar-refractivity contribution < 1.29 is 62.7 Å². The van der Waals surface area contributed by atoms with Crippen molar-refractivity contribution in [3.63, 3.8) is 0 Å². The van der Waals surface area contributed by atoms with E-state index in [2.05, 4.69) is 92.4 Å². The maximum absolute atomic E-state index is 13.1. The summed E-state index contributed by atoms with van der Waals surface area (Å²) in [5.41, 5.74) is 11.4. The van der Waals surface area contributed by atoms with Crippen LogP contribution in [0.4, 0.5) is 17.1 Å². The van der Waals surface area contributed by atoms with Crippen LogP contribution in [0.1, 0.15) is 172 Å². The first kappa shape index (κ1) is 81.0. The normalized spacial score (nSPS) is 11.5. The van der Waals surface area contributed by atoms with Crippen molar-refractivity contribution in [2.24, 2.45) is 0 Å². The molecule has 8 aromatic carbocycles. The Morgan fingerprint density at radius 3 is 1.19 bits per heavy atom. The molecule has 0 radical (unpaired) electrons. The summed E-state index contributed by atoms with van der Waals surface area (Å²) in [5, 5.41) is 47.2. The molecule has 0 fully saturated rings. The Morgan fingerprint density at radius 2 is 0.827 bits per heavy atom. The number of phenols is 2. The van der Waals surface area contributed by atoms with E-state index in [1.165, 1.54) is 55.6 Å². The zero-order chi connectivity index (χ0) is 76.5. The number of hydrogen-bond donors (Lipinski definition) is 5. The first-order valence-corrected chi connectivity index (χ1v) is 35.9. The Hall–Kier alpha value is -12.0. The lowest BCUT2D eigenvalue weighted by Crippen LogP contribution is -2.50. The first-order chi connectivity index (χ1) is 49.1. The van der Waals surface area contributed by atoms with Crippen LogP contribution >= 0.6 is 0 Å². The lowest BCUT2D eigenvalue weighted by molar-refractivity contribution is -0.385. The van der Waals surface area contributed by atoms with Gasteiger partial charge < -0.3 is 45.2 Å². The van der Waals surface area contributed by atoms with Crippen LogP contribution in [0.3, 0.4) is 0 Å². The number of nitrogens with two attached hydrogens (primary N) is 1. The number of ether oxygens (including phenoxy) is 3. The van der Waals surface area contributed by atoms with Crippen LogP contribution in [0.15, 0.2) is 188 Å². The second-order valence-corrected chi connectivity index (χ2v) is 32.6. The van der Waals surface area contributed by atoms with Crippen LogP contribution in [0.5, 0.6) is 17.2 Å². The van der Waals surface area contributed by atoms with E-state index in [-0.39, 0.29) is 45.1 Å². The predicted molar refractivity (Wildman–Crippen MR) is 404 cm³/mol. The van der Waals surface area contributed by atoms with Crippen molar-refractivity contribution in [1.29, 1.82) is 0 Å². The van der Waals surface area contributed by atoms with Gasteiger partial charge in [-0.05, 0) is 210 Å². The van der Waals surface area contributed by atoms with Gasteiger partial charge in [0.2, 0.25) is 0 Å². The zero-order valence-electron chi connectivity index (χ0n) is 60.8. The van der Waals surface area contributed by atoms with Crippen LogP contribution in [0.25, 0.3) is 0 Å². The molecule has 0 saturated heterocycles. The summed E-state index contributed by atoms with van der Waals surface area (Å²) in [4.78, 5) is 85.4. The fraction of sp³-hybridized carbons (Fsp3) is 0.289. The number of nitrogen functional groups attached to an aromatic ring is 1. The molecule has 2 amide bonds. The predicted octanol–water partition coefficient (Wildman–Crippen LogP) is 15.6. The minimum Gasteiger partial charge on any atom is -0.543 e. The van der Waals surface area contributed by atoms with Gasteiger partial charge >= 0.3 is 17.9 Å². The third kappa shape index (κ3) is 25.0. The number of hydrogen-bond acceptors (Lipinski definition) is 16. The number of nitrogens with zero attached hydrogens (tertiary/aromatic N) is 2. The van der Waals surface area contributed by atoms with Gasteiger partial charge in [-0.25, -0.2) is 14.4 Å². The van der Waals surface area contributed by atoms with E-state index in [1.807, 2.05) is 84.9 Å². The molecule has 6 N–H and O–H groups in total. The van der Waals surface area contributed by atoms with Crippen LogP contribution in [0, 0.1) is 55.8 Å². The highest BCUT2D eigenvalue weighted by Crippen LogP contribution is 2.43. The number of esters is 3. The largest absolute Gasteiger partial charge is 0.543 e. The summed E-state index contributed by atoms with van der Waals surface area (Å²) in [5.74, 6) is 15.7. The van der Waals surface area contributed by atoms with E-state index in [9.17, 15) is 54.4 Å². The summed E-state index contributed by atoms with van der Waals surface area (Å²) >= 11 is 0. The van der Waals surface area contributed by atoms with E-state index in [1.54, 1.807) is 96.1 Å². The summed E-state index contributed by atoms with van der Waals surface area (Å²) in [6.07, 6.45) is 1.85. The molecular formula is C83H89N5O15Si. The Balaban J connectivity index is 0.000000246. The van der Waals surface area contributed by atoms with Gasteiger partial charge in [-0.15, -0.1) is 0 Å². The van der Waals surface area contributed by atoms with Crippen LogP contribution in [-0.4, -0.2) is 88.5 Å². The average molecular weight is 1420 g/mol. The van der Waals surface area contributed by atoms with Crippen molar-refractivity contribution in [1.82, 2.24) is 10.6 Å². The van der Waals surface area contributed by atoms with E-state index in [4.69, 9.17) is 19.6 Å². The Kier molecular flexibility index (Phi) is 29.3. The number of phenolic OH excluding ortho intramolecular Hbond substituents is 2.